The zero-order valence-corrected chi connectivity index (χ0v) is 17.4. The lowest BCUT2D eigenvalue weighted by molar-refractivity contribution is -0.128. The van der Waals surface area contributed by atoms with Crippen molar-refractivity contribution in [3.05, 3.63) is 41.7 Å². The molecule has 1 aromatic heterocycles. The Morgan fingerprint density at radius 2 is 1.90 bits per heavy atom. The number of H-pyrrole nitrogens is 1. The van der Waals surface area contributed by atoms with Gasteiger partial charge in [-0.2, -0.15) is 5.10 Å². The van der Waals surface area contributed by atoms with Crippen LogP contribution in [0, 0.1) is 0 Å². The number of ether oxygens (including phenoxy) is 1. The first kappa shape index (κ1) is 19.8. The molecule has 0 spiro atoms. The van der Waals surface area contributed by atoms with E-state index in [-0.39, 0.29) is 12.0 Å². The van der Waals surface area contributed by atoms with Gasteiger partial charge in [-0.1, -0.05) is 12.1 Å². The quantitative estimate of drug-likeness (QED) is 0.778. The molecule has 2 aliphatic heterocycles. The molecule has 156 valence electrons. The highest BCUT2D eigenvalue weighted by Gasteiger charge is 2.22. The number of nitrogens with zero attached hydrogens (tertiary/aromatic N) is 4. The van der Waals surface area contributed by atoms with Crippen molar-refractivity contribution in [2.75, 3.05) is 37.6 Å². The minimum atomic E-state index is 0.169. The van der Waals surface area contributed by atoms with Crippen molar-refractivity contribution in [1.29, 1.82) is 0 Å². The minimum Gasteiger partial charge on any atom is -0.489 e. The van der Waals surface area contributed by atoms with Crippen molar-refractivity contribution >= 4 is 11.6 Å². The van der Waals surface area contributed by atoms with Crippen LogP contribution in [0.2, 0.25) is 0 Å². The molecule has 0 aliphatic carbocycles. The lowest BCUT2D eigenvalue weighted by Gasteiger charge is -2.36. The molecule has 2 saturated heterocycles. The summed E-state index contributed by atoms with van der Waals surface area (Å²) in [4.78, 5) is 18.6. The number of amides is 1. The van der Waals surface area contributed by atoms with E-state index in [9.17, 15) is 4.79 Å². The van der Waals surface area contributed by atoms with Gasteiger partial charge in [-0.05, 0) is 38.5 Å². The lowest BCUT2D eigenvalue weighted by atomic mass is 10.2. The van der Waals surface area contributed by atoms with Crippen molar-refractivity contribution < 1.29 is 9.53 Å². The number of hydrogen-bond donors (Lipinski definition) is 1. The summed E-state index contributed by atoms with van der Waals surface area (Å²) < 4.78 is 5.99. The number of likely N-dealkylation sites (tertiary alicyclic amines) is 1. The van der Waals surface area contributed by atoms with Crippen LogP contribution in [0.15, 0.2) is 30.3 Å². The van der Waals surface area contributed by atoms with Crippen LogP contribution < -0.4 is 9.64 Å². The maximum absolute atomic E-state index is 11.8. The highest BCUT2D eigenvalue weighted by Crippen LogP contribution is 2.29. The molecule has 1 N–H and O–H groups in total. The van der Waals surface area contributed by atoms with E-state index in [1.54, 1.807) is 0 Å². The van der Waals surface area contributed by atoms with Gasteiger partial charge in [-0.15, -0.1) is 0 Å². The summed E-state index contributed by atoms with van der Waals surface area (Å²) in [7, 11) is 0. The fourth-order valence-electron chi connectivity index (χ4n) is 4.10. The molecule has 2 aromatic rings. The number of nitrogens with one attached hydrogen (secondary N) is 1. The molecule has 0 radical (unpaired) electrons. The standard InChI is InChI=1S/C22H31N5O2/c1-17(2)29-21-7-4-3-6-20(21)26-12-10-25(11-13-26)15-18-14-19(24-23-18)16-27-9-5-8-22(27)28/h3-4,6-7,14,17H,5,8-13,15-16H2,1-2H3,(H,23,24). The number of carbonyl (C=O) groups is 1. The van der Waals surface area contributed by atoms with E-state index in [1.807, 2.05) is 11.0 Å². The van der Waals surface area contributed by atoms with Crippen LogP contribution in [0.25, 0.3) is 0 Å². The van der Waals surface area contributed by atoms with E-state index in [4.69, 9.17) is 4.74 Å². The molecule has 7 heteroatoms. The van der Waals surface area contributed by atoms with Gasteiger partial charge in [0.1, 0.15) is 5.75 Å². The van der Waals surface area contributed by atoms with Gasteiger partial charge >= 0.3 is 0 Å². The van der Waals surface area contributed by atoms with Gasteiger partial charge in [0.25, 0.3) is 0 Å². The van der Waals surface area contributed by atoms with Crippen LogP contribution in [0.4, 0.5) is 5.69 Å². The summed E-state index contributed by atoms with van der Waals surface area (Å²) in [6, 6.07) is 10.4. The predicted molar refractivity (Wildman–Crippen MR) is 113 cm³/mol. The Bertz CT molecular complexity index is 826. The molecule has 1 amide bonds. The molecule has 0 unspecified atom stereocenters. The Morgan fingerprint density at radius 3 is 2.62 bits per heavy atom. The number of benzene rings is 1. The number of rotatable bonds is 7. The second-order valence-corrected chi connectivity index (χ2v) is 8.20. The number of para-hydroxylation sites is 2. The molecule has 1 aromatic carbocycles. The summed E-state index contributed by atoms with van der Waals surface area (Å²) in [6.07, 6.45) is 1.81. The molecule has 2 aliphatic rings. The van der Waals surface area contributed by atoms with Crippen LogP contribution in [0.5, 0.6) is 5.75 Å². The topological polar surface area (TPSA) is 64.7 Å². The number of piperazine rings is 1. The molecular weight excluding hydrogens is 366 g/mol. The lowest BCUT2D eigenvalue weighted by Crippen LogP contribution is -2.46. The third kappa shape index (κ3) is 4.90. The van der Waals surface area contributed by atoms with E-state index in [0.29, 0.717) is 13.0 Å². The summed E-state index contributed by atoms with van der Waals surface area (Å²) in [6.45, 7) is 10.4. The molecule has 29 heavy (non-hydrogen) atoms. The van der Waals surface area contributed by atoms with Crippen LogP contribution >= 0.6 is 0 Å². The summed E-state index contributed by atoms with van der Waals surface area (Å²) in [5, 5.41) is 7.57. The van der Waals surface area contributed by atoms with E-state index >= 15 is 0 Å². The molecular formula is C22H31N5O2. The van der Waals surface area contributed by atoms with Crippen molar-refractivity contribution in [3.8, 4) is 5.75 Å². The van der Waals surface area contributed by atoms with Crippen LogP contribution in [-0.4, -0.2) is 64.7 Å². The average molecular weight is 398 g/mol. The number of aromatic amines is 1. The second kappa shape index (κ2) is 8.86. The average Bonchev–Trinajstić information content (AvgIpc) is 3.32. The van der Waals surface area contributed by atoms with Gasteiger partial charge in [0, 0.05) is 45.7 Å². The van der Waals surface area contributed by atoms with Crippen molar-refractivity contribution in [2.24, 2.45) is 0 Å². The Balaban J connectivity index is 1.30. The Kier molecular flexibility index (Phi) is 6.04. The van der Waals surface area contributed by atoms with Crippen molar-refractivity contribution in [1.82, 2.24) is 20.0 Å². The van der Waals surface area contributed by atoms with Gasteiger partial charge in [-0.3, -0.25) is 14.8 Å². The molecule has 0 atom stereocenters. The summed E-state index contributed by atoms with van der Waals surface area (Å²) >= 11 is 0. The zero-order valence-electron chi connectivity index (χ0n) is 17.4. The second-order valence-electron chi connectivity index (χ2n) is 8.20. The molecule has 0 bridgehead atoms. The van der Waals surface area contributed by atoms with E-state index in [2.05, 4.69) is 58.1 Å². The van der Waals surface area contributed by atoms with Gasteiger partial charge in [0.2, 0.25) is 5.91 Å². The molecule has 2 fully saturated rings. The normalized spacial score (nSPS) is 18.1. The maximum Gasteiger partial charge on any atom is 0.222 e. The van der Waals surface area contributed by atoms with Gasteiger partial charge < -0.3 is 14.5 Å². The number of anilines is 1. The number of aromatic nitrogens is 2. The largest absolute Gasteiger partial charge is 0.489 e. The van der Waals surface area contributed by atoms with Crippen LogP contribution in [0.1, 0.15) is 38.1 Å². The van der Waals surface area contributed by atoms with Gasteiger partial charge in [-0.25, -0.2) is 0 Å². The highest BCUT2D eigenvalue weighted by atomic mass is 16.5. The molecule has 7 nitrogen and oxygen atoms in total. The Morgan fingerprint density at radius 1 is 1.10 bits per heavy atom. The summed E-state index contributed by atoms with van der Waals surface area (Å²) in [5.41, 5.74) is 3.25. The highest BCUT2D eigenvalue weighted by molar-refractivity contribution is 5.77. The van der Waals surface area contributed by atoms with E-state index < -0.39 is 0 Å². The van der Waals surface area contributed by atoms with Gasteiger partial charge in [0.15, 0.2) is 0 Å². The maximum atomic E-state index is 11.8. The first-order valence-electron chi connectivity index (χ1n) is 10.6. The Hall–Kier alpha value is -2.54. The first-order valence-corrected chi connectivity index (χ1v) is 10.6. The fourth-order valence-corrected chi connectivity index (χ4v) is 4.10. The van der Waals surface area contributed by atoms with Crippen molar-refractivity contribution in [3.63, 3.8) is 0 Å². The minimum absolute atomic E-state index is 0.169. The predicted octanol–water partition coefficient (Wildman–Crippen LogP) is 2.64. The zero-order chi connectivity index (χ0) is 20.2. The van der Waals surface area contributed by atoms with Crippen molar-refractivity contribution in [2.45, 2.75) is 45.9 Å². The Labute approximate surface area is 172 Å². The first-order chi connectivity index (χ1) is 14.1. The van der Waals surface area contributed by atoms with E-state index in [1.165, 1.54) is 5.69 Å². The summed E-state index contributed by atoms with van der Waals surface area (Å²) in [5.74, 6) is 1.21. The smallest absolute Gasteiger partial charge is 0.222 e. The van der Waals surface area contributed by atoms with Crippen LogP contribution in [0.3, 0.4) is 0 Å². The third-order valence-corrected chi connectivity index (χ3v) is 5.54. The molecule has 3 heterocycles. The number of carbonyl (C=O) groups excluding carboxylic acids is 1. The number of hydrogen-bond acceptors (Lipinski definition) is 5. The monoisotopic (exact) mass is 397 g/mol. The van der Waals surface area contributed by atoms with Crippen LogP contribution in [-0.2, 0) is 17.9 Å². The van der Waals surface area contributed by atoms with Gasteiger partial charge in [0.05, 0.1) is 29.7 Å². The van der Waals surface area contributed by atoms with E-state index in [0.717, 1.165) is 62.8 Å². The molecule has 4 rings (SSSR count). The fraction of sp³-hybridized carbons (Fsp3) is 0.545. The third-order valence-electron chi connectivity index (χ3n) is 5.54. The SMILES string of the molecule is CC(C)Oc1ccccc1N1CCN(Cc2cc(CN3CCCC3=O)[nH]n2)CC1. The molecule has 0 saturated carbocycles.